The molecule has 0 aliphatic heterocycles. The van der Waals surface area contributed by atoms with Crippen molar-refractivity contribution < 1.29 is 14.7 Å². The first kappa shape index (κ1) is 14.6. The summed E-state index contributed by atoms with van der Waals surface area (Å²) in [5.74, 6) is -1.01. The molecular weight excluding hydrogens is 254 g/mol. The van der Waals surface area contributed by atoms with Crippen molar-refractivity contribution in [1.82, 2.24) is 5.32 Å². The fourth-order valence-corrected chi connectivity index (χ4v) is 2.94. The lowest BCUT2D eigenvalue weighted by molar-refractivity contribution is -0.151. The fraction of sp³-hybridized carbons (Fsp3) is 0.500. The van der Waals surface area contributed by atoms with Gasteiger partial charge in [0, 0.05) is 6.42 Å². The van der Waals surface area contributed by atoms with Crippen LogP contribution in [0.15, 0.2) is 30.3 Å². The van der Waals surface area contributed by atoms with Crippen LogP contribution in [0.25, 0.3) is 0 Å². The molecule has 2 rings (SSSR count). The third-order valence-corrected chi connectivity index (χ3v) is 4.19. The molecule has 1 aromatic rings. The molecule has 4 heteroatoms. The van der Waals surface area contributed by atoms with E-state index in [1.807, 2.05) is 37.3 Å². The van der Waals surface area contributed by atoms with Crippen LogP contribution in [-0.2, 0) is 9.59 Å². The lowest BCUT2D eigenvalue weighted by Gasteiger charge is -2.24. The van der Waals surface area contributed by atoms with Gasteiger partial charge in [-0.3, -0.25) is 9.59 Å². The Balaban J connectivity index is 1.97. The number of carbonyl (C=O) groups excluding carboxylic acids is 1. The fourth-order valence-electron chi connectivity index (χ4n) is 2.94. The van der Waals surface area contributed by atoms with Crippen LogP contribution in [0, 0.1) is 5.41 Å². The molecule has 2 N–H and O–H groups in total. The molecule has 20 heavy (non-hydrogen) atoms. The number of rotatable bonds is 5. The molecule has 1 amide bonds. The van der Waals surface area contributed by atoms with E-state index in [0.29, 0.717) is 12.8 Å². The van der Waals surface area contributed by atoms with Gasteiger partial charge in [0.05, 0.1) is 11.5 Å². The van der Waals surface area contributed by atoms with Crippen LogP contribution in [0.4, 0.5) is 0 Å². The molecule has 0 aromatic heterocycles. The zero-order valence-electron chi connectivity index (χ0n) is 11.8. The summed E-state index contributed by atoms with van der Waals surface area (Å²) < 4.78 is 0. The van der Waals surface area contributed by atoms with Crippen LogP contribution >= 0.6 is 0 Å². The highest BCUT2D eigenvalue weighted by molar-refractivity contribution is 5.85. The summed E-state index contributed by atoms with van der Waals surface area (Å²) in [7, 11) is 0. The molecule has 0 spiro atoms. The summed E-state index contributed by atoms with van der Waals surface area (Å²) in [5.41, 5.74) is 0.178. The minimum Gasteiger partial charge on any atom is -0.481 e. The second-order valence-electron chi connectivity index (χ2n) is 5.67. The molecule has 1 saturated carbocycles. The highest BCUT2D eigenvalue weighted by Crippen LogP contribution is 2.41. The Morgan fingerprint density at radius 2 is 1.85 bits per heavy atom. The van der Waals surface area contributed by atoms with Crippen molar-refractivity contribution >= 4 is 11.9 Å². The molecule has 1 atom stereocenters. The Hall–Kier alpha value is -1.84. The van der Waals surface area contributed by atoms with E-state index < -0.39 is 11.4 Å². The second-order valence-corrected chi connectivity index (χ2v) is 5.67. The molecule has 0 saturated heterocycles. The van der Waals surface area contributed by atoms with E-state index in [1.165, 1.54) is 0 Å². The van der Waals surface area contributed by atoms with E-state index in [1.54, 1.807) is 0 Å². The minimum absolute atomic E-state index is 0.0828. The Kier molecular flexibility index (Phi) is 4.42. The van der Waals surface area contributed by atoms with Gasteiger partial charge in [-0.05, 0) is 25.3 Å². The SMILES string of the molecule is C[C@H](NC(=O)CC1(C(=O)O)CCCC1)c1ccccc1. The number of benzene rings is 1. The summed E-state index contributed by atoms with van der Waals surface area (Å²) in [6.07, 6.45) is 3.09. The molecule has 1 aromatic carbocycles. The maximum atomic E-state index is 12.1. The minimum atomic E-state index is -0.847. The summed E-state index contributed by atoms with van der Waals surface area (Å²) in [6.45, 7) is 1.91. The van der Waals surface area contributed by atoms with Crippen LogP contribution in [0.1, 0.15) is 50.6 Å². The predicted molar refractivity (Wildman–Crippen MR) is 76.2 cm³/mol. The van der Waals surface area contributed by atoms with Gasteiger partial charge in [-0.15, -0.1) is 0 Å². The van der Waals surface area contributed by atoms with Crippen molar-refractivity contribution in [3.05, 3.63) is 35.9 Å². The number of hydrogen-bond acceptors (Lipinski definition) is 2. The van der Waals surface area contributed by atoms with Gasteiger partial charge >= 0.3 is 5.97 Å². The van der Waals surface area contributed by atoms with Gasteiger partial charge in [0.25, 0.3) is 0 Å². The predicted octanol–water partition coefficient (Wildman–Crippen LogP) is 2.90. The summed E-state index contributed by atoms with van der Waals surface area (Å²) in [4.78, 5) is 23.6. The molecule has 4 nitrogen and oxygen atoms in total. The summed E-state index contributed by atoms with van der Waals surface area (Å²) in [5, 5.41) is 12.3. The van der Waals surface area contributed by atoms with Crippen LogP contribution in [-0.4, -0.2) is 17.0 Å². The zero-order chi connectivity index (χ0) is 14.6. The summed E-state index contributed by atoms with van der Waals surface area (Å²) >= 11 is 0. The number of nitrogens with one attached hydrogen (secondary N) is 1. The molecule has 108 valence electrons. The van der Waals surface area contributed by atoms with Crippen molar-refractivity contribution in [2.45, 2.75) is 45.1 Å². The van der Waals surface area contributed by atoms with Gasteiger partial charge in [-0.1, -0.05) is 43.2 Å². The van der Waals surface area contributed by atoms with Gasteiger partial charge in [-0.2, -0.15) is 0 Å². The lowest BCUT2D eigenvalue weighted by Crippen LogP contribution is -2.36. The molecule has 1 fully saturated rings. The molecule has 0 heterocycles. The largest absolute Gasteiger partial charge is 0.481 e. The van der Waals surface area contributed by atoms with Gasteiger partial charge in [0.2, 0.25) is 5.91 Å². The highest BCUT2D eigenvalue weighted by atomic mass is 16.4. The van der Waals surface area contributed by atoms with E-state index in [-0.39, 0.29) is 18.4 Å². The highest BCUT2D eigenvalue weighted by Gasteiger charge is 2.43. The van der Waals surface area contributed by atoms with Gasteiger partial charge < -0.3 is 10.4 Å². The van der Waals surface area contributed by atoms with Crippen molar-refractivity contribution in [3.63, 3.8) is 0 Å². The number of aliphatic carboxylic acids is 1. The van der Waals surface area contributed by atoms with Gasteiger partial charge in [0.15, 0.2) is 0 Å². The number of hydrogen-bond donors (Lipinski definition) is 2. The first-order chi connectivity index (χ1) is 9.53. The molecule has 0 bridgehead atoms. The van der Waals surface area contributed by atoms with Crippen LogP contribution in [0.5, 0.6) is 0 Å². The van der Waals surface area contributed by atoms with Crippen molar-refractivity contribution in [2.24, 2.45) is 5.41 Å². The third kappa shape index (κ3) is 3.18. The van der Waals surface area contributed by atoms with Crippen LogP contribution in [0.2, 0.25) is 0 Å². The molecular formula is C16H21NO3. The number of carbonyl (C=O) groups is 2. The second kappa shape index (κ2) is 6.07. The zero-order valence-corrected chi connectivity index (χ0v) is 11.8. The molecule has 0 unspecified atom stereocenters. The standard InChI is InChI=1S/C16H21NO3/c1-12(13-7-3-2-4-8-13)17-14(18)11-16(15(19)20)9-5-6-10-16/h2-4,7-8,12H,5-6,9-11H2,1H3,(H,17,18)(H,19,20)/t12-/m0/s1. The maximum absolute atomic E-state index is 12.1. The quantitative estimate of drug-likeness (QED) is 0.868. The molecule has 1 aliphatic carbocycles. The smallest absolute Gasteiger partial charge is 0.310 e. The Morgan fingerprint density at radius 1 is 1.25 bits per heavy atom. The average molecular weight is 275 g/mol. The summed E-state index contributed by atoms with van der Waals surface area (Å²) in [6, 6.07) is 9.58. The monoisotopic (exact) mass is 275 g/mol. The Morgan fingerprint density at radius 3 is 2.40 bits per heavy atom. The van der Waals surface area contributed by atoms with Gasteiger partial charge in [0.1, 0.15) is 0 Å². The first-order valence-electron chi connectivity index (χ1n) is 7.11. The van der Waals surface area contributed by atoms with Gasteiger partial charge in [-0.25, -0.2) is 0 Å². The number of carboxylic acids is 1. The molecule has 1 aliphatic rings. The lowest BCUT2D eigenvalue weighted by atomic mass is 9.82. The Bertz CT molecular complexity index is 478. The van der Waals surface area contributed by atoms with E-state index in [4.69, 9.17) is 0 Å². The Labute approximate surface area is 119 Å². The topological polar surface area (TPSA) is 66.4 Å². The number of amides is 1. The van der Waals surface area contributed by atoms with Crippen LogP contribution < -0.4 is 5.32 Å². The van der Waals surface area contributed by atoms with Crippen molar-refractivity contribution in [2.75, 3.05) is 0 Å². The first-order valence-corrected chi connectivity index (χ1v) is 7.11. The average Bonchev–Trinajstić information content (AvgIpc) is 2.89. The van der Waals surface area contributed by atoms with Crippen molar-refractivity contribution in [3.8, 4) is 0 Å². The van der Waals surface area contributed by atoms with E-state index in [2.05, 4.69) is 5.32 Å². The van der Waals surface area contributed by atoms with E-state index in [0.717, 1.165) is 18.4 Å². The number of carboxylic acid groups (broad SMARTS) is 1. The third-order valence-electron chi connectivity index (χ3n) is 4.19. The van der Waals surface area contributed by atoms with E-state index >= 15 is 0 Å². The molecule has 0 radical (unpaired) electrons. The van der Waals surface area contributed by atoms with Crippen molar-refractivity contribution in [1.29, 1.82) is 0 Å². The van der Waals surface area contributed by atoms with Crippen LogP contribution in [0.3, 0.4) is 0 Å². The maximum Gasteiger partial charge on any atom is 0.310 e. The normalized spacial score (nSPS) is 18.4. The van der Waals surface area contributed by atoms with E-state index in [9.17, 15) is 14.7 Å².